The van der Waals surface area contributed by atoms with Crippen LogP contribution in [0.4, 0.5) is 0 Å². The van der Waals surface area contributed by atoms with Crippen molar-refractivity contribution in [3.8, 4) is 5.75 Å². The van der Waals surface area contributed by atoms with Crippen molar-refractivity contribution >= 4 is 11.8 Å². The molecule has 0 bridgehead atoms. The van der Waals surface area contributed by atoms with E-state index in [2.05, 4.69) is 26.0 Å². The Bertz CT molecular complexity index is 317. The smallest absolute Gasteiger partial charge is 0.119 e. The van der Waals surface area contributed by atoms with E-state index in [0.717, 1.165) is 36.7 Å². The monoisotopic (exact) mass is 253 g/mol. The molecule has 0 aromatic heterocycles. The summed E-state index contributed by atoms with van der Waals surface area (Å²) in [6.07, 6.45) is 2.14. The molecule has 0 aliphatic carbocycles. The van der Waals surface area contributed by atoms with Gasteiger partial charge in [0.1, 0.15) is 5.75 Å². The van der Waals surface area contributed by atoms with Crippen LogP contribution >= 0.6 is 11.8 Å². The molecule has 3 heteroatoms. The van der Waals surface area contributed by atoms with E-state index in [0.29, 0.717) is 6.04 Å². The first kappa shape index (κ1) is 14.4. The van der Waals surface area contributed by atoms with Crippen LogP contribution in [0.15, 0.2) is 24.3 Å². The SMILES string of the molecule is CCC(N)CSCCCOc1cccc(C)c1. The van der Waals surface area contributed by atoms with Gasteiger partial charge in [-0.25, -0.2) is 0 Å². The summed E-state index contributed by atoms with van der Waals surface area (Å²) in [4.78, 5) is 0. The molecular weight excluding hydrogens is 230 g/mol. The van der Waals surface area contributed by atoms with Crippen LogP contribution in [0.1, 0.15) is 25.3 Å². The Balaban J connectivity index is 2.05. The fourth-order valence-electron chi connectivity index (χ4n) is 1.41. The van der Waals surface area contributed by atoms with Gasteiger partial charge >= 0.3 is 0 Å². The standard InChI is InChI=1S/C14H23NOS/c1-3-13(15)11-17-9-5-8-16-14-7-4-6-12(2)10-14/h4,6-7,10,13H,3,5,8-9,11,15H2,1-2H3. The molecule has 17 heavy (non-hydrogen) atoms. The molecule has 0 fully saturated rings. The van der Waals surface area contributed by atoms with E-state index in [1.807, 2.05) is 23.9 Å². The first-order chi connectivity index (χ1) is 8.22. The summed E-state index contributed by atoms with van der Waals surface area (Å²) < 4.78 is 5.68. The van der Waals surface area contributed by atoms with Gasteiger partial charge in [-0.3, -0.25) is 0 Å². The minimum atomic E-state index is 0.345. The zero-order valence-electron chi connectivity index (χ0n) is 10.8. The molecule has 0 aliphatic heterocycles. The summed E-state index contributed by atoms with van der Waals surface area (Å²) in [7, 11) is 0. The first-order valence-electron chi connectivity index (χ1n) is 6.25. The molecule has 1 aromatic carbocycles. The van der Waals surface area contributed by atoms with Crippen molar-refractivity contribution in [3.05, 3.63) is 29.8 Å². The Morgan fingerprint density at radius 3 is 2.94 bits per heavy atom. The van der Waals surface area contributed by atoms with Crippen LogP contribution in [-0.2, 0) is 0 Å². The highest BCUT2D eigenvalue weighted by molar-refractivity contribution is 7.99. The van der Waals surface area contributed by atoms with Gasteiger partial charge in [0.2, 0.25) is 0 Å². The summed E-state index contributed by atoms with van der Waals surface area (Å²) in [5, 5.41) is 0. The summed E-state index contributed by atoms with van der Waals surface area (Å²) >= 11 is 1.92. The van der Waals surface area contributed by atoms with E-state index in [-0.39, 0.29) is 0 Å². The number of ether oxygens (including phenoxy) is 1. The lowest BCUT2D eigenvalue weighted by molar-refractivity contribution is 0.318. The Morgan fingerprint density at radius 2 is 2.24 bits per heavy atom. The predicted molar refractivity (Wildman–Crippen MR) is 76.9 cm³/mol. The van der Waals surface area contributed by atoms with Gasteiger partial charge in [-0.2, -0.15) is 11.8 Å². The molecule has 1 aromatic rings. The Morgan fingerprint density at radius 1 is 1.41 bits per heavy atom. The molecule has 0 spiro atoms. The maximum atomic E-state index is 5.84. The van der Waals surface area contributed by atoms with E-state index < -0.39 is 0 Å². The van der Waals surface area contributed by atoms with Gasteiger partial charge in [0.15, 0.2) is 0 Å². The third-order valence-electron chi connectivity index (χ3n) is 2.55. The van der Waals surface area contributed by atoms with Crippen molar-refractivity contribution in [2.45, 2.75) is 32.7 Å². The molecule has 1 unspecified atom stereocenters. The van der Waals surface area contributed by atoms with E-state index in [1.54, 1.807) is 0 Å². The Labute approximate surface area is 109 Å². The molecule has 2 N–H and O–H groups in total. The number of hydrogen-bond donors (Lipinski definition) is 1. The van der Waals surface area contributed by atoms with Gasteiger partial charge in [-0.05, 0) is 43.2 Å². The Hall–Kier alpha value is -0.670. The van der Waals surface area contributed by atoms with Gasteiger partial charge in [0, 0.05) is 11.8 Å². The van der Waals surface area contributed by atoms with Crippen LogP contribution in [-0.4, -0.2) is 24.2 Å². The summed E-state index contributed by atoms with van der Waals surface area (Å²) in [6, 6.07) is 8.53. The van der Waals surface area contributed by atoms with Crippen molar-refractivity contribution in [1.29, 1.82) is 0 Å². The second kappa shape index (κ2) is 8.43. The fraction of sp³-hybridized carbons (Fsp3) is 0.571. The van der Waals surface area contributed by atoms with E-state index in [1.165, 1.54) is 5.56 Å². The van der Waals surface area contributed by atoms with Crippen LogP contribution < -0.4 is 10.5 Å². The van der Waals surface area contributed by atoms with Crippen molar-refractivity contribution in [2.75, 3.05) is 18.1 Å². The maximum absolute atomic E-state index is 5.84. The van der Waals surface area contributed by atoms with Gasteiger partial charge in [-0.15, -0.1) is 0 Å². The van der Waals surface area contributed by atoms with Crippen LogP contribution in [0.3, 0.4) is 0 Å². The number of benzene rings is 1. The predicted octanol–water partition coefficient (Wildman–Crippen LogP) is 3.23. The van der Waals surface area contributed by atoms with Crippen molar-refractivity contribution in [1.82, 2.24) is 0 Å². The van der Waals surface area contributed by atoms with Crippen LogP contribution in [0.5, 0.6) is 5.75 Å². The number of aryl methyl sites for hydroxylation is 1. The third-order valence-corrected chi connectivity index (χ3v) is 3.79. The number of nitrogens with two attached hydrogens (primary N) is 1. The quantitative estimate of drug-likeness (QED) is 0.722. The lowest BCUT2D eigenvalue weighted by Crippen LogP contribution is -2.21. The average Bonchev–Trinajstić information content (AvgIpc) is 2.33. The summed E-state index contributed by atoms with van der Waals surface area (Å²) in [5.74, 6) is 3.15. The average molecular weight is 253 g/mol. The molecule has 1 atom stereocenters. The first-order valence-corrected chi connectivity index (χ1v) is 7.40. The second-order valence-corrected chi connectivity index (χ2v) is 5.41. The van der Waals surface area contributed by atoms with Crippen molar-refractivity contribution < 1.29 is 4.74 Å². The third kappa shape index (κ3) is 6.59. The molecule has 0 aliphatic rings. The largest absolute Gasteiger partial charge is 0.494 e. The van der Waals surface area contributed by atoms with E-state index in [4.69, 9.17) is 10.5 Å². The van der Waals surface area contributed by atoms with Crippen LogP contribution in [0.2, 0.25) is 0 Å². The normalized spacial score (nSPS) is 12.4. The molecule has 0 heterocycles. The zero-order valence-corrected chi connectivity index (χ0v) is 11.6. The summed E-state index contributed by atoms with van der Waals surface area (Å²) in [6.45, 7) is 5.00. The highest BCUT2D eigenvalue weighted by Gasteiger charge is 1.99. The summed E-state index contributed by atoms with van der Waals surface area (Å²) in [5.41, 5.74) is 7.08. The minimum absolute atomic E-state index is 0.345. The number of hydrogen-bond acceptors (Lipinski definition) is 3. The maximum Gasteiger partial charge on any atom is 0.119 e. The van der Waals surface area contributed by atoms with Crippen molar-refractivity contribution in [2.24, 2.45) is 5.73 Å². The molecular formula is C14H23NOS. The Kier molecular flexibility index (Phi) is 7.13. The molecule has 96 valence electrons. The van der Waals surface area contributed by atoms with Gasteiger partial charge < -0.3 is 10.5 Å². The van der Waals surface area contributed by atoms with Gasteiger partial charge in [0.05, 0.1) is 6.61 Å². The zero-order chi connectivity index (χ0) is 12.5. The lowest BCUT2D eigenvalue weighted by Gasteiger charge is -2.09. The molecule has 0 saturated carbocycles. The van der Waals surface area contributed by atoms with E-state index in [9.17, 15) is 0 Å². The molecule has 0 amide bonds. The second-order valence-electron chi connectivity index (χ2n) is 4.26. The molecule has 0 radical (unpaired) electrons. The van der Waals surface area contributed by atoms with Crippen LogP contribution in [0.25, 0.3) is 0 Å². The number of thioether (sulfide) groups is 1. The van der Waals surface area contributed by atoms with Gasteiger partial charge in [0.25, 0.3) is 0 Å². The van der Waals surface area contributed by atoms with Crippen molar-refractivity contribution in [3.63, 3.8) is 0 Å². The lowest BCUT2D eigenvalue weighted by atomic mass is 10.2. The minimum Gasteiger partial charge on any atom is -0.494 e. The molecule has 0 saturated heterocycles. The van der Waals surface area contributed by atoms with E-state index >= 15 is 0 Å². The topological polar surface area (TPSA) is 35.2 Å². The van der Waals surface area contributed by atoms with Crippen LogP contribution in [0, 0.1) is 6.92 Å². The highest BCUT2D eigenvalue weighted by atomic mass is 32.2. The molecule has 1 rings (SSSR count). The fourth-order valence-corrected chi connectivity index (χ4v) is 2.44. The highest BCUT2D eigenvalue weighted by Crippen LogP contribution is 2.13. The van der Waals surface area contributed by atoms with Gasteiger partial charge in [-0.1, -0.05) is 19.1 Å². The molecule has 2 nitrogen and oxygen atoms in total. The number of rotatable bonds is 8.